The Kier molecular flexibility index (Phi) is 4.93. The molecule has 1 aromatic carbocycles. The molecule has 1 aliphatic rings. The van der Waals surface area contributed by atoms with Gasteiger partial charge in [-0.05, 0) is 19.0 Å². The predicted octanol–water partition coefficient (Wildman–Crippen LogP) is 1.27. The van der Waals surface area contributed by atoms with Crippen LogP contribution in [0, 0.1) is 5.92 Å². The lowest BCUT2D eigenvalue weighted by atomic mass is 9.92. The van der Waals surface area contributed by atoms with Crippen molar-refractivity contribution < 1.29 is 9.53 Å². The summed E-state index contributed by atoms with van der Waals surface area (Å²) in [5.41, 5.74) is 1.29. The minimum Gasteiger partial charge on any atom is -0.469 e. The normalized spacial score (nSPS) is 24.1. The lowest BCUT2D eigenvalue weighted by Crippen LogP contribution is -2.51. The van der Waals surface area contributed by atoms with Gasteiger partial charge in [0.2, 0.25) is 0 Å². The summed E-state index contributed by atoms with van der Waals surface area (Å²) in [5, 5.41) is 3.23. The third-order valence-electron chi connectivity index (χ3n) is 3.82. The lowest BCUT2D eigenvalue weighted by Gasteiger charge is -2.37. The minimum absolute atomic E-state index is 0.0764. The predicted molar refractivity (Wildman–Crippen MR) is 74.7 cm³/mol. The quantitative estimate of drug-likeness (QED) is 0.830. The van der Waals surface area contributed by atoms with Gasteiger partial charge in [-0.25, -0.2) is 0 Å². The van der Waals surface area contributed by atoms with E-state index < -0.39 is 0 Å². The zero-order valence-corrected chi connectivity index (χ0v) is 11.6. The second kappa shape index (κ2) is 6.68. The summed E-state index contributed by atoms with van der Waals surface area (Å²) in [7, 11) is 3.37. The standard InChI is InChI=1S/C15H22N2O2/c1-16-14-8-9-17(11-13(14)15(18)19-2)10-12-6-4-3-5-7-12/h3-7,13-14,16H,8-11H2,1-2H3. The number of likely N-dealkylation sites (tertiary alicyclic amines) is 1. The fourth-order valence-electron chi connectivity index (χ4n) is 2.74. The zero-order valence-electron chi connectivity index (χ0n) is 11.6. The molecule has 1 fully saturated rings. The van der Waals surface area contributed by atoms with Crippen LogP contribution in [0.15, 0.2) is 30.3 Å². The number of benzene rings is 1. The van der Waals surface area contributed by atoms with Crippen molar-refractivity contribution in [2.45, 2.75) is 19.0 Å². The molecule has 0 radical (unpaired) electrons. The number of ether oxygens (including phenoxy) is 1. The molecule has 1 heterocycles. The highest BCUT2D eigenvalue weighted by Crippen LogP contribution is 2.20. The molecule has 4 nitrogen and oxygen atoms in total. The molecule has 2 atom stereocenters. The van der Waals surface area contributed by atoms with Crippen LogP contribution in [0.1, 0.15) is 12.0 Å². The van der Waals surface area contributed by atoms with Crippen molar-refractivity contribution in [1.29, 1.82) is 0 Å². The van der Waals surface area contributed by atoms with Crippen LogP contribution in [0.25, 0.3) is 0 Å². The molecule has 2 unspecified atom stereocenters. The zero-order chi connectivity index (χ0) is 13.7. The number of hydrogen-bond donors (Lipinski definition) is 1. The Morgan fingerprint density at radius 2 is 2.16 bits per heavy atom. The van der Waals surface area contributed by atoms with E-state index in [9.17, 15) is 4.79 Å². The van der Waals surface area contributed by atoms with Crippen LogP contribution in [-0.4, -0.2) is 44.2 Å². The first-order valence-corrected chi connectivity index (χ1v) is 6.76. The SMILES string of the molecule is CNC1CCN(Cc2ccccc2)CC1C(=O)OC. The van der Waals surface area contributed by atoms with Gasteiger partial charge in [-0.15, -0.1) is 0 Å². The number of methoxy groups -OCH3 is 1. The fourth-order valence-corrected chi connectivity index (χ4v) is 2.74. The Morgan fingerprint density at radius 1 is 1.42 bits per heavy atom. The number of nitrogens with one attached hydrogen (secondary N) is 1. The van der Waals surface area contributed by atoms with Gasteiger partial charge in [0.25, 0.3) is 0 Å². The third kappa shape index (κ3) is 3.55. The number of carbonyl (C=O) groups is 1. The van der Waals surface area contributed by atoms with Gasteiger partial charge in [-0.1, -0.05) is 30.3 Å². The van der Waals surface area contributed by atoms with Gasteiger partial charge in [0, 0.05) is 25.7 Å². The van der Waals surface area contributed by atoms with Crippen LogP contribution in [0.2, 0.25) is 0 Å². The molecule has 1 aliphatic heterocycles. The van der Waals surface area contributed by atoms with Gasteiger partial charge in [0.1, 0.15) is 0 Å². The molecule has 0 aliphatic carbocycles. The first kappa shape index (κ1) is 14.0. The van der Waals surface area contributed by atoms with E-state index in [1.54, 1.807) is 0 Å². The molecular formula is C15H22N2O2. The largest absolute Gasteiger partial charge is 0.469 e. The van der Waals surface area contributed by atoms with Crippen LogP contribution in [-0.2, 0) is 16.1 Å². The summed E-state index contributed by atoms with van der Waals surface area (Å²) in [6, 6.07) is 10.6. The fraction of sp³-hybridized carbons (Fsp3) is 0.533. The number of piperidine rings is 1. The topological polar surface area (TPSA) is 41.6 Å². The van der Waals surface area contributed by atoms with E-state index in [1.165, 1.54) is 12.7 Å². The second-order valence-electron chi connectivity index (χ2n) is 5.03. The highest BCUT2D eigenvalue weighted by molar-refractivity contribution is 5.73. The Morgan fingerprint density at radius 3 is 2.79 bits per heavy atom. The van der Waals surface area contributed by atoms with Crippen molar-refractivity contribution in [3.05, 3.63) is 35.9 Å². The van der Waals surface area contributed by atoms with E-state index in [-0.39, 0.29) is 17.9 Å². The molecule has 0 aromatic heterocycles. The Hall–Kier alpha value is -1.39. The Balaban J connectivity index is 1.99. The number of esters is 1. The van der Waals surface area contributed by atoms with Crippen molar-refractivity contribution in [3.8, 4) is 0 Å². The molecule has 2 rings (SSSR count). The van der Waals surface area contributed by atoms with Crippen LogP contribution in [0.5, 0.6) is 0 Å². The Labute approximate surface area is 114 Å². The van der Waals surface area contributed by atoms with Gasteiger partial charge in [0.15, 0.2) is 0 Å². The maximum atomic E-state index is 11.8. The summed E-state index contributed by atoms with van der Waals surface area (Å²) in [4.78, 5) is 14.2. The van der Waals surface area contributed by atoms with Crippen LogP contribution >= 0.6 is 0 Å². The van der Waals surface area contributed by atoms with Gasteiger partial charge >= 0.3 is 5.97 Å². The van der Waals surface area contributed by atoms with E-state index in [0.717, 1.165) is 26.1 Å². The average Bonchev–Trinajstić information content (AvgIpc) is 2.47. The second-order valence-corrected chi connectivity index (χ2v) is 5.03. The molecule has 1 aromatic rings. The summed E-state index contributed by atoms with van der Waals surface area (Å²) in [6.07, 6.45) is 0.975. The maximum absolute atomic E-state index is 11.8. The van der Waals surface area contributed by atoms with Gasteiger partial charge in [0.05, 0.1) is 13.0 Å². The number of hydrogen-bond acceptors (Lipinski definition) is 4. The molecule has 0 amide bonds. The van der Waals surface area contributed by atoms with Crippen molar-refractivity contribution in [2.24, 2.45) is 5.92 Å². The van der Waals surface area contributed by atoms with Crippen LogP contribution in [0.3, 0.4) is 0 Å². The van der Waals surface area contributed by atoms with Crippen molar-refractivity contribution in [2.75, 3.05) is 27.2 Å². The van der Waals surface area contributed by atoms with E-state index in [0.29, 0.717) is 0 Å². The van der Waals surface area contributed by atoms with Gasteiger partial charge < -0.3 is 10.1 Å². The molecule has 0 bridgehead atoms. The maximum Gasteiger partial charge on any atom is 0.311 e. The van der Waals surface area contributed by atoms with Crippen molar-refractivity contribution in [3.63, 3.8) is 0 Å². The van der Waals surface area contributed by atoms with Crippen LogP contribution < -0.4 is 5.32 Å². The summed E-state index contributed by atoms with van der Waals surface area (Å²) < 4.78 is 4.91. The molecule has 4 heteroatoms. The van der Waals surface area contributed by atoms with Crippen molar-refractivity contribution >= 4 is 5.97 Å². The van der Waals surface area contributed by atoms with E-state index in [2.05, 4.69) is 22.3 Å². The molecule has 19 heavy (non-hydrogen) atoms. The van der Waals surface area contributed by atoms with Crippen molar-refractivity contribution in [1.82, 2.24) is 10.2 Å². The Bertz CT molecular complexity index is 408. The van der Waals surface area contributed by atoms with Gasteiger partial charge in [-0.3, -0.25) is 9.69 Å². The molecule has 1 N–H and O–H groups in total. The smallest absolute Gasteiger partial charge is 0.311 e. The molecule has 0 spiro atoms. The monoisotopic (exact) mass is 262 g/mol. The molecule has 104 valence electrons. The van der Waals surface area contributed by atoms with E-state index in [4.69, 9.17) is 4.74 Å². The molecular weight excluding hydrogens is 240 g/mol. The first-order valence-electron chi connectivity index (χ1n) is 6.76. The summed E-state index contributed by atoms with van der Waals surface area (Å²) >= 11 is 0. The minimum atomic E-state index is -0.114. The van der Waals surface area contributed by atoms with Gasteiger partial charge in [-0.2, -0.15) is 0 Å². The average molecular weight is 262 g/mol. The highest BCUT2D eigenvalue weighted by Gasteiger charge is 2.34. The van der Waals surface area contributed by atoms with Crippen LogP contribution in [0.4, 0.5) is 0 Å². The number of nitrogens with zero attached hydrogens (tertiary/aromatic N) is 1. The molecule has 0 saturated carbocycles. The summed E-state index contributed by atoms with van der Waals surface area (Å²) in [6.45, 7) is 2.66. The number of carbonyl (C=O) groups excluding carboxylic acids is 1. The number of rotatable bonds is 4. The molecule has 1 saturated heterocycles. The van der Waals surface area contributed by atoms with E-state index in [1.807, 2.05) is 25.2 Å². The summed E-state index contributed by atoms with van der Waals surface area (Å²) in [5.74, 6) is -0.190. The highest BCUT2D eigenvalue weighted by atomic mass is 16.5. The van der Waals surface area contributed by atoms with E-state index >= 15 is 0 Å². The third-order valence-corrected chi connectivity index (χ3v) is 3.82. The lowest BCUT2D eigenvalue weighted by molar-refractivity contribution is -0.148. The first-order chi connectivity index (χ1) is 9.24.